The monoisotopic (exact) mass is 336 g/mol. The van der Waals surface area contributed by atoms with E-state index in [2.05, 4.69) is 15.0 Å². The molecule has 6 heteroatoms. The van der Waals surface area contributed by atoms with Crippen molar-refractivity contribution in [1.29, 1.82) is 0 Å². The van der Waals surface area contributed by atoms with Crippen molar-refractivity contribution < 1.29 is 10.2 Å². The largest absolute Gasteiger partial charge is 0.505 e. The van der Waals surface area contributed by atoms with Gasteiger partial charge >= 0.3 is 0 Å². The summed E-state index contributed by atoms with van der Waals surface area (Å²) in [6.07, 6.45) is 8.54. The topological polar surface area (TPSA) is 83.5 Å². The Kier molecular flexibility index (Phi) is 4.90. The first-order valence-electron chi connectivity index (χ1n) is 8.00. The van der Waals surface area contributed by atoms with Gasteiger partial charge in [0, 0.05) is 41.6 Å². The first-order valence-corrected chi connectivity index (χ1v) is 8.00. The van der Waals surface area contributed by atoms with Gasteiger partial charge in [-0.1, -0.05) is 12.1 Å². The number of rotatable bonds is 5. The van der Waals surface area contributed by atoms with Gasteiger partial charge in [0.1, 0.15) is 5.75 Å². The van der Waals surface area contributed by atoms with Gasteiger partial charge in [0.15, 0.2) is 0 Å². The van der Waals surface area contributed by atoms with Gasteiger partial charge in [-0.2, -0.15) is 0 Å². The van der Waals surface area contributed by atoms with Gasteiger partial charge < -0.3 is 14.8 Å². The van der Waals surface area contributed by atoms with E-state index < -0.39 is 0 Å². The molecule has 2 aromatic heterocycles. The van der Waals surface area contributed by atoms with E-state index >= 15 is 0 Å². The summed E-state index contributed by atoms with van der Waals surface area (Å²) in [4.78, 5) is 12.6. The zero-order valence-corrected chi connectivity index (χ0v) is 14.2. The van der Waals surface area contributed by atoms with Crippen LogP contribution < -0.4 is 0 Å². The van der Waals surface area contributed by atoms with Crippen LogP contribution in [0.1, 0.15) is 35.3 Å². The number of aliphatic imine (C=N–C) groups is 1. The summed E-state index contributed by atoms with van der Waals surface area (Å²) < 4.78 is 1.93. The molecule has 0 aliphatic rings. The molecule has 25 heavy (non-hydrogen) atoms. The molecule has 0 saturated heterocycles. The van der Waals surface area contributed by atoms with Crippen LogP contribution in [-0.4, -0.2) is 31.0 Å². The fraction of sp³-hybridized carbons (Fsp3) is 0.211. The van der Waals surface area contributed by atoms with Gasteiger partial charge in [0.05, 0.1) is 24.7 Å². The van der Waals surface area contributed by atoms with Crippen molar-refractivity contribution in [3.05, 3.63) is 71.6 Å². The highest BCUT2D eigenvalue weighted by Crippen LogP contribution is 2.24. The zero-order valence-electron chi connectivity index (χ0n) is 14.2. The molecular weight excluding hydrogens is 316 g/mol. The number of hydrogen-bond donors (Lipinski definition) is 2. The molecule has 0 bridgehead atoms. The number of benzene rings is 1. The number of aryl methyl sites for hydroxylation is 1. The Bertz CT molecular complexity index is 871. The number of nitrogens with zero attached hydrogens (tertiary/aromatic N) is 4. The first kappa shape index (κ1) is 16.9. The Balaban J connectivity index is 1.81. The fourth-order valence-corrected chi connectivity index (χ4v) is 2.53. The van der Waals surface area contributed by atoms with E-state index in [0.717, 1.165) is 11.3 Å². The van der Waals surface area contributed by atoms with Gasteiger partial charge in [0.2, 0.25) is 0 Å². The molecule has 6 nitrogen and oxygen atoms in total. The van der Waals surface area contributed by atoms with Crippen LogP contribution in [0.2, 0.25) is 0 Å². The van der Waals surface area contributed by atoms with Crippen molar-refractivity contribution in [3.8, 4) is 11.4 Å². The Hall–Kier alpha value is -2.99. The lowest BCUT2D eigenvalue weighted by atomic mass is 10.1. The van der Waals surface area contributed by atoms with E-state index in [0.29, 0.717) is 16.8 Å². The van der Waals surface area contributed by atoms with E-state index in [-0.39, 0.29) is 18.4 Å². The lowest BCUT2D eigenvalue weighted by Gasteiger charge is -2.10. The number of aromatic nitrogens is 3. The van der Waals surface area contributed by atoms with Crippen molar-refractivity contribution in [3.63, 3.8) is 0 Å². The third kappa shape index (κ3) is 3.59. The number of aromatic hydroxyl groups is 1. The second-order valence-corrected chi connectivity index (χ2v) is 5.80. The molecule has 2 heterocycles. The molecule has 3 aromatic rings. The number of hydrogen-bond acceptors (Lipinski definition) is 5. The van der Waals surface area contributed by atoms with E-state index in [9.17, 15) is 10.2 Å². The minimum atomic E-state index is -0.198. The summed E-state index contributed by atoms with van der Waals surface area (Å²) in [5.74, 6) is 0.0537. The van der Waals surface area contributed by atoms with Gasteiger partial charge in [-0.3, -0.25) is 9.98 Å². The van der Waals surface area contributed by atoms with Crippen LogP contribution in [0, 0.1) is 6.92 Å². The van der Waals surface area contributed by atoms with E-state index in [1.165, 1.54) is 0 Å². The Labute approximate surface area is 146 Å². The van der Waals surface area contributed by atoms with E-state index in [4.69, 9.17) is 0 Å². The highest BCUT2D eigenvalue weighted by Gasteiger charge is 2.10. The molecule has 0 fully saturated rings. The lowest BCUT2D eigenvalue weighted by Crippen LogP contribution is -1.99. The SMILES string of the molecule is Cc1ncc(CO)c(C=N[C@H](C)c2ccc(-n3ccnc3)cc2)c1O. The number of aliphatic hydroxyl groups is 1. The highest BCUT2D eigenvalue weighted by atomic mass is 16.3. The Morgan fingerprint density at radius 1 is 1.28 bits per heavy atom. The third-order valence-electron chi connectivity index (χ3n) is 4.13. The maximum atomic E-state index is 10.2. The van der Waals surface area contributed by atoms with Gasteiger partial charge in [0.25, 0.3) is 0 Å². The summed E-state index contributed by atoms with van der Waals surface area (Å²) >= 11 is 0. The molecule has 0 spiro atoms. The quantitative estimate of drug-likeness (QED) is 0.702. The summed E-state index contributed by atoms with van der Waals surface area (Å²) in [6.45, 7) is 3.49. The maximum absolute atomic E-state index is 10.2. The van der Waals surface area contributed by atoms with E-state index in [1.54, 1.807) is 31.9 Å². The van der Waals surface area contributed by atoms with Crippen LogP contribution in [0.5, 0.6) is 5.75 Å². The number of pyridine rings is 1. The predicted molar refractivity (Wildman–Crippen MR) is 96.1 cm³/mol. The maximum Gasteiger partial charge on any atom is 0.145 e. The van der Waals surface area contributed by atoms with E-state index in [1.807, 2.05) is 42.0 Å². The van der Waals surface area contributed by atoms with Gasteiger partial charge in [-0.15, -0.1) is 0 Å². The van der Waals surface area contributed by atoms with Crippen molar-refractivity contribution in [1.82, 2.24) is 14.5 Å². The van der Waals surface area contributed by atoms with Crippen LogP contribution in [0.25, 0.3) is 5.69 Å². The third-order valence-corrected chi connectivity index (χ3v) is 4.13. The summed E-state index contributed by atoms with van der Waals surface area (Å²) in [7, 11) is 0. The van der Waals surface area contributed by atoms with Crippen LogP contribution in [-0.2, 0) is 6.61 Å². The number of imidazole rings is 1. The average Bonchev–Trinajstić information content (AvgIpc) is 3.17. The standard InChI is InChI=1S/C19H20N4O2/c1-13(15-3-5-17(6-4-15)23-8-7-20-12-23)22-10-18-16(11-24)9-21-14(2)19(18)25/h3-10,12-13,24-25H,11H2,1-2H3/t13-/m1/s1. The van der Waals surface area contributed by atoms with Crippen LogP contribution in [0.4, 0.5) is 0 Å². The van der Waals surface area contributed by atoms with Crippen molar-refractivity contribution in [2.75, 3.05) is 0 Å². The molecule has 0 unspecified atom stereocenters. The second-order valence-electron chi connectivity index (χ2n) is 5.80. The minimum Gasteiger partial charge on any atom is -0.505 e. The summed E-state index contributed by atoms with van der Waals surface area (Å²) in [6, 6.07) is 7.97. The van der Waals surface area contributed by atoms with Crippen LogP contribution in [0.3, 0.4) is 0 Å². The van der Waals surface area contributed by atoms with Gasteiger partial charge in [-0.25, -0.2) is 4.98 Å². The van der Waals surface area contributed by atoms with Crippen molar-refractivity contribution >= 4 is 6.21 Å². The van der Waals surface area contributed by atoms with Crippen LogP contribution in [0.15, 0.2) is 54.2 Å². The minimum absolute atomic E-state index is 0.0537. The van der Waals surface area contributed by atoms with Crippen LogP contribution >= 0.6 is 0 Å². The summed E-state index contributed by atoms with van der Waals surface area (Å²) in [5.41, 5.74) is 3.65. The average molecular weight is 336 g/mol. The van der Waals surface area contributed by atoms with Crippen molar-refractivity contribution in [2.24, 2.45) is 4.99 Å². The molecule has 128 valence electrons. The second kappa shape index (κ2) is 7.27. The molecule has 2 N–H and O–H groups in total. The first-order chi connectivity index (χ1) is 12.1. The summed E-state index contributed by atoms with van der Waals surface area (Å²) in [5, 5.41) is 19.6. The smallest absolute Gasteiger partial charge is 0.145 e. The molecule has 0 saturated carbocycles. The van der Waals surface area contributed by atoms with Crippen molar-refractivity contribution in [2.45, 2.75) is 26.5 Å². The van der Waals surface area contributed by atoms with Gasteiger partial charge in [-0.05, 0) is 31.5 Å². The molecule has 1 aromatic carbocycles. The highest BCUT2D eigenvalue weighted by molar-refractivity contribution is 5.85. The molecule has 1 atom stereocenters. The molecule has 0 radical (unpaired) electrons. The molecule has 0 aliphatic heterocycles. The Morgan fingerprint density at radius 3 is 2.68 bits per heavy atom. The molecule has 0 aliphatic carbocycles. The normalized spacial score (nSPS) is 12.6. The molecular formula is C19H20N4O2. The Morgan fingerprint density at radius 2 is 2.04 bits per heavy atom. The predicted octanol–water partition coefficient (Wildman–Crippen LogP) is 2.95. The fourth-order valence-electron chi connectivity index (χ4n) is 2.53. The molecule has 0 amide bonds. The molecule has 3 rings (SSSR count). The number of aliphatic hydroxyl groups excluding tert-OH is 1. The zero-order chi connectivity index (χ0) is 17.8. The lowest BCUT2D eigenvalue weighted by molar-refractivity contribution is 0.280.